The number of nitrogens with zero attached hydrogens (tertiary/aromatic N) is 2. The molecule has 1 fully saturated rings. The molecule has 0 radical (unpaired) electrons. The van der Waals surface area contributed by atoms with Crippen LogP contribution in [0.15, 0.2) is 30.6 Å². The number of nitrogens with one attached hydrogen (secondary N) is 3. The van der Waals surface area contributed by atoms with Gasteiger partial charge >= 0.3 is 0 Å². The van der Waals surface area contributed by atoms with Crippen LogP contribution in [0.25, 0.3) is 0 Å². The molecular formula is C20H28ClN5O2. The molecule has 152 valence electrons. The maximum atomic E-state index is 12.8. The third-order valence-corrected chi connectivity index (χ3v) is 4.86. The fraction of sp³-hybridized carbons (Fsp3) is 0.450. The highest BCUT2D eigenvalue weighted by atomic mass is 35.5. The average molecular weight is 406 g/mol. The van der Waals surface area contributed by atoms with Gasteiger partial charge in [0.2, 0.25) is 5.91 Å². The fourth-order valence-corrected chi connectivity index (χ4v) is 3.51. The highest BCUT2D eigenvalue weighted by Gasteiger charge is 2.34. The van der Waals surface area contributed by atoms with Crippen LogP contribution in [-0.4, -0.2) is 40.7 Å². The van der Waals surface area contributed by atoms with Gasteiger partial charge in [-0.1, -0.05) is 0 Å². The normalized spacial score (nSPS) is 18.6. The molecule has 1 aliphatic heterocycles. The standard InChI is InChI=1S/C20H27N5O2.ClH/c1-12(2)23-19(26)16-6-5-15(7-13(16)3)24-20(27)18-10-21-9-17(18)14-8-22-25(4)11-14;/h5-8,11-12,17-18,21H,9-10H2,1-4H3,(H,23,26)(H,24,27);1H/t17-,18+;/m1./s1. The molecule has 1 aliphatic rings. The first-order valence-corrected chi connectivity index (χ1v) is 9.26. The third-order valence-electron chi connectivity index (χ3n) is 4.86. The Morgan fingerprint density at radius 1 is 1.29 bits per heavy atom. The van der Waals surface area contributed by atoms with Gasteiger partial charge in [-0.05, 0) is 50.1 Å². The van der Waals surface area contributed by atoms with Crippen LogP contribution in [-0.2, 0) is 11.8 Å². The number of aryl methyl sites for hydroxylation is 2. The van der Waals surface area contributed by atoms with Crippen LogP contribution >= 0.6 is 12.4 Å². The van der Waals surface area contributed by atoms with Crippen molar-refractivity contribution in [3.8, 4) is 0 Å². The van der Waals surface area contributed by atoms with Gasteiger partial charge in [0.25, 0.3) is 5.91 Å². The van der Waals surface area contributed by atoms with Crippen LogP contribution < -0.4 is 16.0 Å². The molecule has 2 amide bonds. The van der Waals surface area contributed by atoms with Gasteiger partial charge in [0.1, 0.15) is 0 Å². The topological polar surface area (TPSA) is 88.1 Å². The average Bonchev–Trinajstić information content (AvgIpc) is 3.22. The van der Waals surface area contributed by atoms with Gasteiger partial charge < -0.3 is 16.0 Å². The second-order valence-corrected chi connectivity index (χ2v) is 7.47. The molecule has 2 atom stereocenters. The van der Waals surface area contributed by atoms with Gasteiger partial charge in [-0.25, -0.2) is 0 Å². The van der Waals surface area contributed by atoms with Crippen molar-refractivity contribution in [2.45, 2.75) is 32.7 Å². The van der Waals surface area contributed by atoms with Crippen LogP contribution in [0.5, 0.6) is 0 Å². The summed E-state index contributed by atoms with van der Waals surface area (Å²) in [5, 5.41) is 13.4. The zero-order valence-corrected chi connectivity index (χ0v) is 17.5. The summed E-state index contributed by atoms with van der Waals surface area (Å²) in [6.45, 7) is 7.13. The van der Waals surface area contributed by atoms with E-state index in [4.69, 9.17) is 0 Å². The van der Waals surface area contributed by atoms with E-state index in [1.165, 1.54) is 0 Å². The molecule has 0 saturated carbocycles. The van der Waals surface area contributed by atoms with Gasteiger partial charge in [-0.15, -0.1) is 12.4 Å². The van der Waals surface area contributed by atoms with Crippen molar-refractivity contribution in [1.82, 2.24) is 20.4 Å². The summed E-state index contributed by atoms with van der Waals surface area (Å²) in [6, 6.07) is 5.46. The van der Waals surface area contributed by atoms with Crippen LogP contribution in [0, 0.1) is 12.8 Å². The van der Waals surface area contributed by atoms with Crippen molar-refractivity contribution in [2.75, 3.05) is 18.4 Å². The molecule has 0 spiro atoms. The predicted octanol–water partition coefficient (Wildman–Crippen LogP) is 2.23. The Bertz CT molecular complexity index is 849. The van der Waals surface area contributed by atoms with Crippen LogP contribution in [0.1, 0.15) is 41.3 Å². The number of aromatic nitrogens is 2. The van der Waals surface area contributed by atoms with E-state index in [2.05, 4.69) is 21.0 Å². The Morgan fingerprint density at radius 2 is 2.04 bits per heavy atom. The van der Waals surface area contributed by atoms with E-state index in [1.807, 2.05) is 46.3 Å². The molecule has 1 aromatic heterocycles. The minimum Gasteiger partial charge on any atom is -0.350 e. The summed E-state index contributed by atoms with van der Waals surface area (Å²) >= 11 is 0. The van der Waals surface area contributed by atoms with E-state index < -0.39 is 0 Å². The number of amides is 2. The molecule has 1 aromatic carbocycles. The number of rotatable bonds is 5. The summed E-state index contributed by atoms with van der Waals surface area (Å²) in [5.41, 5.74) is 3.23. The number of hydrogen-bond acceptors (Lipinski definition) is 4. The molecule has 0 bridgehead atoms. The number of hydrogen-bond donors (Lipinski definition) is 3. The van der Waals surface area contributed by atoms with E-state index >= 15 is 0 Å². The second kappa shape index (κ2) is 9.21. The van der Waals surface area contributed by atoms with Gasteiger partial charge in [-0.3, -0.25) is 14.3 Å². The summed E-state index contributed by atoms with van der Waals surface area (Å²) in [5.74, 6) is -0.168. The molecule has 3 N–H and O–H groups in total. The van der Waals surface area contributed by atoms with Crippen LogP contribution in [0.3, 0.4) is 0 Å². The lowest BCUT2D eigenvalue weighted by molar-refractivity contribution is -0.119. The number of benzene rings is 1. The Morgan fingerprint density at radius 3 is 2.64 bits per heavy atom. The molecule has 8 heteroatoms. The van der Waals surface area contributed by atoms with Crippen molar-refractivity contribution < 1.29 is 9.59 Å². The third kappa shape index (κ3) is 4.91. The molecular weight excluding hydrogens is 378 g/mol. The Labute approximate surface area is 171 Å². The maximum absolute atomic E-state index is 12.8. The van der Waals surface area contributed by atoms with Crippen molar-refractivity contribution in [1.29, 1.82) is 0 Å². The smallest absolute Gasteiger partial charge is 0.251 e. The van der Waals surface area contributed by atoms with Gasteiger partial charge in [0.05, 0.1) is 12.1 Å². The van der Waals surface area contributed by atoms with Crippen molar-refractivity contribution in [3.05, 3.63) is 47.3 Å². The van der Waals surface area contributed by atoms with E-state index in [0.29, 0.717) is 17.8 Å². The first-order valence-electron chi connectivity index (χ1n) is 9.26. The summed E-state index contributed by atoms with van der Waals surface area (Å²) < 4.78 is 1.76. The molecule has 0 aliphatic carbocycles. The van der Waals surface area contributed by atoms with Gasteiger partial charge in [-0.2, -0.15) is 5.10 Å². The predicted molar refractivity (Wildman–Crippen MR) is 112 cm³/mol. The Kier molecular flexibility index (Phi) is 7.21. The molecule has 2 heterocycles. The number of carbonyl (C=O) groups is 2. The zero-order valence-electron chi connectivity index (χ0n) is 16.7. The van der Waals surface area contributed by atoms with Crippen LogP contribution in [0.2, 0.25) is 0 Å². The summed E-state index contributed by atoms with van der Waals surface area (Å²) in [7, 11) is 1.88. The number of carbonyl (C=O) groups excluding carboxylic acids is 2. The second-order valence-electron chi connectivity index (χ2n) is 7.47. The largest absolute Gasteiger partial charge is 0.350 e. The first-order chi connectivity index (χ1) is 12.8. The fourth-order valence-electron chi connectivity index (χ4n) is 3.51. The minimum atomic E-state index is -0.154. The number of anilines is 1. The van der Waals surface area contributed by atoms with E-state index in [1.54, 1.807) is 16.8 Å². The van der Waals surface area contributed by atoms with Crippen molar-refractivity contribution in [3.63, 3.8) is 0 Å². The van der Waals surface area contributed by atoms with Crippen LogP contribution in [0.4, 0.5) is 5.69 Å². The lowest BCUT2D eigenvalue weighted by Crippen LogP contribution is -2.30. The van der Waals surface area contributed by atoms with Gasteiger partial charge in [0, 0.05) is 49.5 Å². The molecule has 0 unspecified atom stereocenters. The Balaban J connectivity index is 0.00000280. The molecule has 28 heavy (non-hydrogen) atoms. The molecule has 3 rings (SSSR count). The highest BCUT2D eigenvalue weighted by molar-refractivity contribution is 5.98. The summed E-state index contributed by atoms with van der Waals surface area (Å²) in [4.78, 5) is 25.0. The van der Waals surface area contributed by atoms with E-state index in [9.17, 15) is 9.59 Å². The molecule has 2 aromatic rings. The lowest BCUT2D eigenvalue weighted by Gasteiger charge is -2.18. The number of halogens is 1. The molecule has 1 saturated heterocycles. The highest BCUT2D eigenvalue weighted by Crippen LogP contribution is 2.29. The summed E-state index contributed by atoms with van der Waals surface area (Å²) in [6.07, 6.45) is 3.79. The first kappa shape index (κ1) is 21.9. The quantitative estimate of drug-likeness (QED) is 0.711. The maximum Gasteiger partial charge on any atom is 0.251 e. The van der Waals surface area contributed by atoms with E-state index in [-0.39, 0.29) is 42.1 Å². The van der Waals surface area contributed by atoms with Crippen molar-refractivity contribution >= 4 is 29.9 Å². The van der Waals surface area contributed by atoms with E-state index in [0.717, 1.165) is 17.7 Å². The van der Waals surface area contributed by atoms with Crippen molar-refractivity contribution in [2.24, 2.45) is 13.0 Å². The lowest BCUT2D eigenvalue weighted by atomic mass is 9.90. The van der Waals surface area contributed by atoms with Gasteiger partial charge in [0.15, 0.2) is 0 Å². The SMILES string of the molecule is Cc1cc(NC(=O)[C@H]2CNC[C@@H]2c2cnn(C)c2)ccc1C(=O)NC(C)C.Cl. The zero-order chi connectivity index (χ0) is 19.6. The Hall–Kier alpha value is -2.38. The molecule has 7 nitrogen and oxygen atoms in total. The minimum absolute atomic E-state index is 0. The monoisotopic (exact) mass is 405 g/mol.